The van der Waals surface area contributed by atoms with Crippen LogP contribution in [0.3, 0.4) is 0 Å². The first-order valence-electron chi connectivity index (χ1n) is 7.14. The first-order valence-corrected chi connectivity index (χ1v) is 9.09. The SMILES string of the molecule is CC(C)(C)OC(=O)Cn1nc(C(N)=O)c2ccc(S(F)(F)(F)(F)F)cc21. The minimum atomic E-state index is -9.96. The molecule has 0 bridgehead atoms. The van der Waals surface area contributed by atoms with Gasteiger partial charge in [-0.25, -0.2) is 0 Å². The molecule has 1 amide bonds. The van der Waals surface area contributed by atoms with Crippen molar-refractivity contribution < 1.29 is 33.8 Å². The Morgan fingerprint density at radius 1 is 1.19 bits per heavy atom. The van der Waals surface area contributed by atoms with Gasteiger partial charge in [-0.15, -0.1) is 0 Å². The molecule has 0 atom stereocenters. The number of aromatic nitrogens is 2. The molecule has 0 aliphatic carbocycles. The molecule has 12 heteroatoms. The van der Waals surface area contributed by atoms with E-state index in [1.54, 1.807) is 20.8 Å². The lowest BCUT2D eigenvalue weighted by Gasteiger charge is -2.40. The van der Waals surface area contributed by atoms with E-state index in [4.69, 9.17) is 10.5 Å². The molecule has 146 valence electrons. The quantitative estimate of drug-likeness (QED) is 0.616. The van der Waals surface area contributed by atoms with Crippen LogP contribution in [0.4, 0.5) is 19.4 Å². The molecule has 1 heterocycles. The number of ether oxygens (including phenoxy) is 1. The summed E-state index contributed by atoms with van der Waals surface area (Å²) >= 11 is 0. The Hall–Kier alpha value is -2.37. The number of hydrogen-bond donors (Lipinski definition) is 1. The predicted molar refractivity (Wildman–Crippen MR) is 85.5 cm³/mol. The second-order valence-corrected chi connectivity index (χ2v) is 9.01. The highest BCUT2D eigenvalue weighted by atomic mass is 32.5. The second-order valence-electron chi connectivity index (χ2n) is 6.60. The third-order valence-electron chi connectivity index (χ3n) is 3.10. The Morgan fingerprint density at radius 3 is 2.23 bits per heavy atom. The summed E-state index contributed by atoms with van der Waals surface area (Å²) in [4.78, 5) is 21.1. The van der Waals surface area contributed by atoms with E-state index in [9.17, 15) is 29.0 Å². The molecule has 1 aromatic heterocycles. The maximum absolute atomic E-state index is 13.0. The van der Waals surface area contributed by atoms with Gasteiger partial charge in [-0.05, 0) is 39.0 Å². The number of esters is 1. The number of carbonyl (C=O) groups is 2. The maximum atomic E-state index is 13.0. The highest BCUT2D eigenvalue weighted by Crippen LogP contribution is 3.02. The van der Waals surface area contributed by atoms with E-state index >= 15 is 0 Å². The van der Waals surface area contributed by atoms with Gasteiger partial charge in [0.2, 0.25) is 0 Å². The highest BCUT2D eigenvalue weighted by Gasteiger charge is 2.65. The molecule has 0 saturated carbocycles. The van der Waals surface area contributed by atoms with E-state index in [2.05, 4.69) is 5.10 Å². The van der Waals surface area contributed by atoms with E-state index < -0.39 is 50.4 Å². The minimum Gasteiger partial charge on any atom is -0.459 e. The maximum Gasteiger partial charge on any atom is 0.328 e. The van der Waals surface area contributed by atoms with Gasteiger partial charge < -0.3 is 10.5 Å². The number of halogens is 5. The molecule has 0 fully saturated rings. The van der Waals surface area contributed by atoms with Crippen LogP contribution in [0.5, 0.6) is 0 Å². The summed E-state index contributed by atoms with van der Waals surface area (Å²) in [6.45, 7) is 4.00. The molecule has 2 aromatic rings. The fourth-order valence-corrected chi connectivity index (χ4v) is 2.85. The molecule has 2 N–H and O–H groups in total. The summed E-state index contributed by atoms with van der Waals surface area (Å²) < 4.78 is 70.9. The number of amides is 1. The zero-order valence-electron chi connectivity index (χ0n) is 13.9. The molecule has 0 aliphatic heterocycles. The summed E-state index contributed by atoms with van der Waals surface area (Å²) in [6.07, 6.45) is 0. The molecule has 0 unspecified atom stereocenters. The number of nitrogens with two attached hydrogens (primary N) is 1. The van der Waals surface area contributed by atoms with Gasteiger partial charge in [0.05, 0.1) is 5.52 Å². The van der Waals surface area contributed by atoms with Crippen molar-refractivity contribution in [2.75, 3.05) is 0 Å². The minimum absolute atomic E-state index is 0.140. The summed E-state index contributed by atoms with van der Waals surface area (Å²) in [5, 5.41) is 3.48. The van der Waals surface area contributed by atoms with Gasteiger partial charge in [0.15, 0.2) is 5.69 Å². The van der Waals surface area contributed by atoms with Gasteiger partial charge in [0.1, 0.15) is 17.0 Å². The van der Waals surface area contributed by atoms with E-state index in [0.717, 1.165) is 0 Å². The lowest BCUT2D eigenvalue weighted by Crippen LogP contribution is -2.27. The second kappa shape index (κ2) is 5.09. The van der Waals surface area contributed by atoms with Gasteiger partial charge in [0, 0.05) is 5.39 Å². The molecule has 0 aliphatic rings. The van der Waals surface area contributed by atoms with Crippen molar-refractivity contribution in [2.45, 2.75) is 37.8 Å². The number of benzene rings is 1. The summed E-state index contributed by atoms with van der Waals surface area (Å²) in [6, 6.07) is 0.956. The van der Waals surface area contributed by atoms with Gasteiger partial charge in [0.25, 0.3) is 5.91 Å². The van der Waals surface area contributed by atoms with Crippen LogP contribution >= 0.6 is 10.2 Å². The van der Waals surface area contributed by atoms with Crippen LogP contribution in [0.2, 0.25) is 0 Å². The normalized spacial score (nSPS) is 15.4. The lowest BCUT2D eigenvalue weighted by atomic mass is 10.2. The third-order valence-corrected chi connectivity index (χ3v) is 4.25. The van der Waals surface area contributed by atoms with Crippen LogP contribution in [-0.4, -0.2) is 27.3 Å². The van der Waals surface area contributed by atoms with Gasteiger partial charge >= 0.3 is 16.2 Å². The largest absolute Gasteiger partial charge is 0.459 e. The first-order chi connectivity index (χ1) is 11.4. The number of primary amides is 1. The van der Waals surface area contributed by atoms with Crippen LogP contribution < -0.4 is 5.73 Å². The summed E-state index contributed by atoms with van der Waals surface area (Å²) in [5.41, 5.74) is 3.28. The Kier molecular flexibility index (Phi) is 3.90. The van der Waals surface area contributed by atoms with Crippen molar-refractivity contribution in [2.24, 2.45) is 5.73 Å². The number of fused-ring (bicyclic) bond motifs is 1. The van der Waals surface area contributed by atoms with Gasteiger partial charge in [-0.3, -0.25) is 14.3 Å². The van der Waals surface area contributed by atoms with Gasteiger partial charge in [-0.1, -0.05) is 19.4 Å². The van der Waals surface area contributed by atoms with Crippen molar-refractivity contribution in [3.63, 3.8) is 0 Å². The van der Waals surface area contributed by atoms with Crippen molar-refractivity contribution >= 4 is 33.0 Å². The predicted octanol–water partition coefficient (Wildman–Crippen LogP) is 4.13. The average molecular weight is 401 g/mol. The Balaban J connectivity index is 2.63. The topological polar surface area (TPSA) is 87.2 Å². The molecule has 2 rings (SSSR count). The van der Waals surface area contributed by atoms with E-state index in [1.165, 1.54) is 0 Å². The number of hydrogen-bond acceptors (Lipinski definition) is 4. The van der Waals surface area contributed by atoms with Crippen LogP contribution in [0.1, 0.15) is 31.3 Å². The summed E-state index contributed by atoms with van der Waals surface area (Å²) in [7, 11) is -9.96. The van der Waals surface area contributed by atoms with Gasteiger partial charge in [-0.2, -0.15) is 5.10 Å². The van der Waals surface area contributed by atoms with Crippen LogP contribution in [0.25, 0.3) is 10.9 Å². The molecular formula is C14H16F5N3O3S. The molecule has 26 heavy (non-hydrogen) atoms. The molecular weight excluding hydrogens is 385 g/mol. The van der Waals surface area contributed by atoms with E-state index in [0.29, 0.717) is 10.7 Å². The summed E-state index contributed by atoms with van der Waals surface area (Å²) in [5.74, 6) is -1.96. The smallest absolute Gasteiger partial charge is 0.328 e. The molecule has 0 saturated heterocycles. The zero-order valence-corrected chi connectivity index (χ0v) is 14.8. The monoisotopic (exact) mass is 401 g/mol. The Bertz CT molecular complexity index is 916. The Morgan fingerprint density at radius 2 is 1.77 bits per heavy atom. The number of carbonyl (C=O) groups excluding carboxylic acids is 2. The van der Waals surface area contributed by atoms with Crippen molar-refractivity contribution in [3.05, 3.63) is 23.9 Å². The average Bonchev–Trinajstić information content (AvgIpc) is 2.72. The number of rotatable bonds is 4. The van der Waals surface area contributed by atoms with E-state index in [-0.39, 0.29) is 17.5 Å². The molecule has 6 nitrogen and oxygen atoms in total. The first kappa shape index (κ1) is 19.9. The standard InChI is InChI=1S/C14H16F5N3O3S/c1-14(2,3)25-11(23)7-22-10-6-8(26(15,16,17,18)19)4-5-9(10)12(21-22)13(20)24/h4-6H,7H2,1-3H3,(H2,20,24). The van der Waals surface area contributed by atoms with Crippen molar-refractivity contribution in [1.29, 1.82) is 0 Å². The lowest BCUT2D eigenvalue weighted by molar-refractivity contribution is -0.155. The van der Waals surface area contributed by atoms with Crippen LogP contribution in [-0.2, 0) is 16.1 Å². The fourth-order valence-electron chi connectivity index (χ4n) is 2.19. The number of nitrogens with zero attached hydrogens (tertiary/aromatic N) is 2. The fraction of sp³-hybridized carbons (Fsp3) is 0.357. The van der Waals surface area contributed by atoms with Crippen molar-refractivity contribution in [1.82, 2.24) is 9.78 Å². The molecule has 0 spiro atoms. The Labute approximate surface area is 144 Å². The van der Waals surface area contributed by atoms with Crippen LogP contribution in [0.15, 0.2) is 23.1 Å². The molecule has 1 aromatic carbocycles. The third kappa shape index (κ3) is 4.42. The van der Waals surface area contributed by atoms with Crippen LogP contribution in [0, 0.1) is 0 Å². The molecule has 0 radical (unpaired) electrons. The van der Waals surface area contributed by atoms with E-state index in [1.807, 2.05) is 0 Å². The van der Waals surface area contributed by atoms with Crippen molar-refractivity contribution in [3.8, 4) is 0 Å². The zero-order chi connectivity index (χ0) is 20.2. The highest BCUT2D eigenvalue weighted by molar-refractivity contribution is 8.45.